The summed E-state index contributed by atoms with van der Waals surface area (Å²) in [6, 6.07) is 39.4. The van der Waals surface area contributed by atoms with E-state index in [-0.39, 0.29) is 0 Å². The Labute approximate surface area is 182 Å². The molecule has 0 aliphatic carbocycles. The molecule has 0 saturated carbocycles. The molecular formula is C28H23N3. The highest BCUT2D eigenvalue weighted by Gasteiger charge is 2.13. The maximum absolute atomic E-state index is 5.92. The van der Waals surface area contributed by atoms with E-state index in [9.17, 15) is 0 Å². The number of nitrogens with two attached hydrogens (primary N) is 2. The second-order valence-corrected chi connectivity index (χ2v) is 7.59. The van der Waals surface area contributed by atoms with Crippen LogP contribution >= 0.6 is 0 Å². The van der Waals surface area contributed by atoms with Crippen LogP contribution in [0.15, 0.2) is 115 Å². The first-order valence-electron chi connectivity index (χ1n) is 10.3. The highest BCUT2D eigenvalue weighted by molar-refractivity contribution is 5.97. The number of nitrogens with zero attached hydrogens (tertiary/aromatic N) is 1. The van der Waals surface area contributed by atoms with Gasteiger partial charge in [0, 0.05) is 28.4 Å². The molecule has 0 aliphatic heterocycles. The Hall–Kier alpha value is -4.24. The molecule has 0 radical (unpaired) electrons. The molecule has 0 saturated heterocycles. The largest absolute Gasteiger partial charge is 0.399 e. The van der Waals surface area contributed by atoms with Crippen LogP contribution in [0.4, 0.5) is 28.4 Å². The van der Waals surface area contributed by atoms with E-state index < -0.39 is 0 Å². The Balaban J connectivity index is 1.59. The summed E-state index contributed by atoms with van der Waals surface area (Å²) in [5, 5.41) is 2.50. The van der Waals surface area contributed by atoms with Crippen LogP contribution in [0.5, 0.6) is 0 Å². The Morgan fingerprint density at radius 3 is 1.52 bits per heavy atom. The molecule has 0 atom stereocenters. The summed E-state index contributed by atoms with van der Waals surface area (Å²) in [7, 11) is 0. The van der Waals surface area contributed by atoms with Gasteiger partial charge in [0.05, 0.1) is 0 Å². The van der Waals surface area contributed by atoms with Crippen molar-refractivity contribution in [2.24, 2.45) is 0 Å². The van der Waals surface area contributed by atoms with Crippen LogP contribution in [0.1, 0.15) is 0 Å². The zero-order valence-electron chi connectivity index (χ0n) is 17.1. The lowest BCUT2D eigenvalue weighted by Gasteiger charge is -2.26. The summed E-state index contributed by atoms with van der Waals surface area (Å²) in [5.41, 5.74) is 18.9. The van der Waals surface area contributed by atoms with Crippen LogP contribution < -0.4 is 16.4 Å². The fourth-order valence-corrected chi connectivity index (χ4v) is 3.96. The van der Waals surface area contributed by atoms with Crippen LogP contribution in [0, 0.1) is 0 Å². The van der Waals surface area contributed by atoms with Gasteiger partial charge >= 0.3 is 0 Å². The van der Waals surface area contributed by atoms with Crippen molar-refractivity contribution in [3.8, 4) is 11.1 Å². The first kappa shape index (κ1) is 18.8. The van der Waals surface area contributed by atoms with E-state index in [1.165, 1.54) is 21.9 Å². The van der Waals surface area contributed by atoms with E-state index in [1.54, 1.807) is 0 Å². The van der Waals surface area contributed by atoms with Crippen LogP contribution in [-0.2, 0) is 0 Å². The predicted octanol–water partition coefficient (Wildman–Crippen LogP) is 7.14. The summed E-state index contributed by atoms with van der Waals surface area (Å²) in [6.45, 7) is 0. The molecule has 0 fully saturated rings. The predicted molar refractivity (Wildman–Crippen MR) is 133 cm³/mol. The zero-order chi connectivity index (χ0) is 21.2. The van der Waals surface area contributed by atoms with Crippen LogP contribution in [0.3, 0.4) is 0 Å². The highest BCUT2D eigenvalue weighted by Crippen LogP contribution is 2.37. The molecule has 0 aliphatic rings. The van der Waals surface area contributed by atoms with Gasteiger partial charge in [-0.25, -0.2) is 0 Å². The summed E-state index contributed by atoms with van der Waals surface area (Å²) in [6.07, 6.45) is 0. The molecule has 0 aromatic heterocycles. The summed E-state index contributed by atoms with van der Waals surface area (Å²) in [4.78, 5) is 2.20. The monoisotopic (exact) mass is 401 g/mol. The minimum atomic E-state index is 0.743. The number of benzene rings is 5. The quantitative estimate of drug-likeness (QED) is 0.315. The lowest BCUT2D eigenvalue weighted by atomic mass is 9.98. The average molecular weight is 402 g/mol. The van der Waals surface area contributed by atoms with Gasteiger partial charge in [-0.05, 0) is 82.6 Å². The van der Waals surface area contributed by atoms with Crippen molar-refractivity contribution >= 4 is 39.2 Å². The maximum Gasteiger partial charge on any atom is 0.0463 e. The van der Waals surface area contributed by atoms with Crippen molar-refractivity contribution in [1.82, 2.24) is 0 Å². The molecule has 0 spiro atoms. The van der Waals surface area contributed by atoms with E-state index in [4.69, 9.17) is 11.5 Å². The second-order valence-electron chi connectivity index (χ2n) is 7.59. The molecule has 0 bridgehead atoms. The molecule has 31 heavy (non-hydrogen) atoms. The van der Waals surface area contributed by atoms with E-state index in [2.05, 4.69) is 71.6 Å². The van der Waals surface area contributed by atoms with Crippen molar-refractivity contribution in [2.75, 3.05) is 16.4 Å². The first-order valence-corrected chi connectivity index (χ1v) is 10.3. The van der Waals surface area contributed by atoms with Crippen molar-refractivity contribution in [3.63, 3.8) is 0 Å². The van der Waals surface area contributed by atoms with E-state index >= 15 is 0 Å². The molecule has 4 N–H and O–H groups in total. The fraction of sp³-hybridized carbons (Fsp3) is 0. The van der Waals surface area contributed by atoms with Crippen molar-refractivity contribution in [1.29, 1.82) is 0 Å². The minimum absolute atomic E-state index is 0.743. The highest BCUT2D eigenvalue weighted by atomic mass is 15.1. The molecular weight excluding hydrogens is 378 g/mol. The number of rotatable bonds is 4. The molecule has 0 unspecified atom stereocenters. The molecule has 3 heteroatoms. The smallest absolute Gasteiger partial charge is 0.0463 e. The van der Waals surface area contributed by atoms with Crippen molar-refractivity contribution in [2.45, 2.75) is 0 Å². The van der Waals surface area contributed by atoms with E-state index in [1.807, 2.05) is 48.5 Å². The number of fused-ring (bicyclic) bond motifs is 1. The Morgan fingerprint density at radius 2 is 0.935 bits per heavy atom. The fourth-order valence-electron chi connectivity index (χ4n) is 3.96. The second kappa shape index (κ2) is 7.88. The molecule has 5 aromatic rings. The maximum atomic E-state index is 5.92. The zero-order valence-corrected chi connectivity index (χ0v) is 17.1. The van der Waals surface area contributed by atoms with Gasteiger partial charge < -0.3 is 16.4 Å². The van der Waals surface area contributed by atoms with Gasteiger partial charge in [-0.3, -0.25) is 0 Å². The molecule has 0 heterocycles. The van der Waals surface area contributed by atoms with Gasteiger partial charge in [0.1, 0.15) is 0 Å². The van der Waals surface area contributed by atoms with Gasteiger partial charge in [-0.2, -0.15) is 0 Å². The van der Waals surface area contributed by atoms with Gasteiger partial charge in [0.25, 0.3) is 0 Å². The molecule has 0 amide bonds. The van der Waals surface area contributed by atoms with E-state index in [0.29, 0.717) is 0 Å². The van der Waals surface area contributed by atoms with Gasteiger partial charge in [-0.15, -0.1) is 0 Å². The standard InChI is InChI=1S/C28H23N3/c29-22-10-16-25(17-11-22)31(26-18-12-23(30)13-19-26)24-14-8-21(9-15-24)28-7-3-5-20-4-1-2-6-27(20)28/h1-19H,29-30H2. The third-order valence-electron chi connectivity index (χ3n) is 5.53. The Morgan fingerprint density at radius 1 is 0.452 bits per heavy atom. The average Bonchev–Trinajstić information content (AvgIpc) is 2.82. The summed E-state index contributed by atoms with van der Waals surface area (Å²) < 4.78 is 0. The van der Waals surface area contributed by atoms with Gasteiger partial charge in [0.2, 0.25) is 0 Å². The molecule has 5 aromatic carbocycles. The van der Waals surface area contributed by atoms with Gasteiger partial charge in [-0.1, -0.05) is 54.6 Å². The third-order valence-corrected chi connectivity index (χ3v) is 5.53. The number of hydrogen-bond donors (Lipinski definition) is 2. The van der Waals surface area contributed by atoms with Crippen molar-refractivity contribution < 1.29 is 0 Å². The Kier molecular flexibility index (Phi) is 4.77. The van der Waals surface area contributed by atoms with Gasteiger partial charge in [0.15, 0.2) is 0 Å². The normalized spacial score (nSPS) is 10.8. The van der Waals surface area contributed by atoms with E-state index in [0.717, 1.165) is 28.4 Å². The SMILES string of the molecule is Nc1ccc(N(c2ccc(N)cc2)c2ccc(-c3cccc4ccccc34)cc2)cc1. The lowest BCUT2D eigenvalue weighted by molar-refractivity contribution is 1.28. The number of hydrogen-bond acceptors (Lipinski definition) is 3. The molecule has 150 valence electrons. The summed E-state index contributed by atoms with van der Waals surface area (Å²) in [5.74, 6) is 0. The topological polar surface area (TPSA) is 55.3 Å². The van der Waals surface area contributed by atoms with Crippen LogP contribution in [0.25, 0.3) is 21.9 Å². The number of nitrogen functional groups attached to an aromatic ring is 2. The Bertz CT molecular complexity index is 1270. The van der Waals surface area contributed by atoms with Crippen LogP contribution in [-0.4, -0.2) is 0 Å². The molecule has 5 rings (SSSR count). The molecule has 3 nitrogen and oxygen atoms in total. The summed E-state index contributed by atoms with van der Waals surface area (Å²) >= 11 is 0. The minimum Gasteiger partial charge on any atom is -0.399 e. The first-order chi connectivity index (χ1) is 15.2. The van der Waals surface area contributed by atoms with Crippen LogP contribution in [0.2, 0.25) is 0 Å². The van der Waals surface area contributed by atoms with Crippen molar-refractivity contribution in [3.05, 3.63) is 115 Å². The lowest BCUT2D eigenvalue weighted by Crippen LogP contribution is -2.10. The number of anilines is 5. The third kappa shape index (κ3) is 3.69.